The van der Waals surface area contributed by atoms with Crippen molar-refractivity contribution in [2.75, 3.05) is 4.90 Å². The molecule has 10 heteroatoms. The summed E-state index contributed by atoms with van der Waals surface area (Å²) < 4.78 is 28.3. The molecule has 6 rings (SSSR count). The van der Waals surface area contributed by atoms with Crippen LogP contribution >= 0.6 is 11.6 Å². The molecule has 3 aliphatic heterocycles. The average Bonchev–Trinajstić information content (AvgIpc) is 3.02. The smallest absolute Gasteiger partial charge is 0.275 e. The van der Waals surface area contributed by atoms with Gasteiger partial charge in [0, 0.05) is 0 Å². The molecule has 2 bridgehead atoms. The van der Waals surface area contributed by atoms with Gasteiger partial charge in [-0.05, 0) is 57.0 Å². The summed E-state index contributed by atoms with van der Waals surface area (Å²) in [7, 11) is -4.51. The molecule has 4 atom stereocenters. The lowest BCUT2D eigenvalue weighted by atomic mass is 9.67. The third-order valence-electron chi connectivity index (χ3n) is 7.06. The lowest BCUT2D eigenvalue weighted by Gasteiger charge is -2.50. The first-order valence-electron chi connectivity index (χ1n) is 11.0. The van der Waals surface area contributed by atoms with Gasteiger partial charge in [-0.1, -0.05) is 47.0 Å². The Kier molecular flexibility index (Phi) is 5.08. The quantitative estimate of drug-likeness (QED) is 0.630. The lowest BCUT2D eigenvalue weighted by molar-refractivity contribution is -0.165. The second kappa shape index (κ2) is 7.49. The zero-order chi connectivity index (χ0) is 25.6. The van der Waals surface area contributed by atoms with Gasteiger partial charge in [-0.3, -0.25) is 14.4 Å². The van der Waals surface area contributed by atoms with Gasteiger partial charge >= 0.3 is 0 Å². The Bertz CT molecular complexity index is 1440. The van der Waals surface area contributed by atoms with Crippen molar-refractivity contribution in [1.82, 2.24) is 4.31 Å². The Morgan fingerprint density at radius 3 is 2.06 bits per heavy atom. The molecule has 0 radical (unpaired) electrons. The molecule has 2 saturated heterocycles. The highest BCUT2D eigenvalue weighted by atomic mass is 35.5. The number of hydrogen-bond acceptors (Lipinski definition) is 6. The van der Waals surface area contributed by atoms with Gasteiger partial charge in [0.2, 0.25) is 11.8 Å². The van der Waals surface area contributed by atoms with Crippen LogP contribution in [0.25, 0.3) is 0 Å². The molecule has 2 fully saturated rings. The number of anilines is 1. The minimum Gasteiger partial charge on any atom is -0.374 e. The average molecular weight is 515 g/mol. The number of hydrogen-bond donors (Lipinski definition) is 1. The van der Waals surface area contributed by atoms with Crippen LogP contribution in [0.1, 0.15) is 22.3 Å². The van der Waals surface area contributed by atoms with Gasteiger partial charge in [-0.25, -0.2) is 17.6 Å². The van der Waals surface area contributed by atoms with E-state index in [4.69, 9.17) is 11.6 Å². The number of sulfonamides is 1. The van der Waals surface area contributed by atoms with Gasteiger partial charge < -0.3 is 5.11 Å². The normalized spacial score (nSPS) is 28.0. The Hall–Kier alpha value is -3.01. The van der Waals surface area contributed by atoms with Gasteiger partial charge in [0.15, 0.2) is 5.60 Å². The van der Waals surface area contributed by atoms with Crippen LogP contribution in [-0.4, -0.2) is 47.2 Å². The summed E-state index contributed by atoms with van der Waals surface area (Å²) in [5.41, 5.74) is 0.191. The van der Waals surface area contributed by atoms with Crippen LogP contribution in [0.2, 0.25) is 0 Å². The highest BCUT2D eigenvalue weighted by Crippen LogP contribution is 2.54. The van der Waals surface area contributed by atoms with Crippen LogP contribution in [0, 0.1) is 39.5 Å². The number of nitrogens with zero attached hydrogens (tertiary/aromatic N) is 2. The molecule has 0 saturated carbocycles. The van der Waals surface area contributed by atoms with Crippen molar-refractivity contribution in [1.29, 1.82) is 0 Å². The molecule has 4 unspecified atom stereocenters. The summed E-state index contributed by atoms with van der Waals surface area (Å²) >= 11 is 6.27. The van der Waals surface area contributed by atoms with E-state index in [-0.39, 0.29) is 15.6 Å². The first kappa shape index (κ1) is 23.7. The maximum Gasteiger partial charge on any atom is 0.275 e. The number of amides is 3. The number of piperidine rings is 1. The van der Waals surface area contributed by atoms with E-state index in [2.05, 4.69) is 0 Å². The monoisotopic (exact) mass is 514 g/mol. The van der Waals surface area contributed by atoms with Gasteiger partial charge in [-0.2, -0.15) is 0 Å². The summed E-state index contributed by atoms with van der Waals surface area (Å²) in [5.74, 6) is -5.57. The SMILES string of the molecule is Cc1ccc(N2C(=O)C3C4C=C(Cl)C(O)(C(=O)N4S(=O)(=O)c4c(C)cc(C)cc4C)C3C2=O)cc1. The molecule has 4 aliphatic rings. The van der Waals surface area contributed by atoms with Crippen molar-refractivity contribution in [3.05, 3.63) is 69.8 Å². The minimum absolute atomic E-state index is 0.0826. The van der Waals surface area contributed by atoms with Crippen molar-refractivity contribution in [3.8, 4) is 0 Å². The Labute approximate surface area is 207 Å². The zero-order valence-corrected chi connectivity index (χ0v) is 21.0. The third kappa shape index (κ3) is 3.01. The molecule has 1 aliphatic carbocycles. The number of fused-ring (bicyclic) bond motifs is 1. The van der Waals surface area contributed by atoms with E-state index in [1.165, 1.54) is 6.08 Å². The van der Waals surface area contributed by atoms with Crippen molar-refractivity contribution in [3.63, 3.8) is 0 Å². The second-order valence-corrected chi connectivity index (χ2v) is 11.6. The molecule has 1 N–H and O–H groups in total. The van der Waals surface area contributed by atoms with Crippen molar-refractivity contribution in [2.45, 2.75) is 44.2 Å². The summed E-state index contributed by atoms with van der Waals surface area (Å²) in [5, 5.41) is 11.2. The number of halogens is 1. The van der Waals surface area contributed by atoms with E-state index in [9.17, 15) is 27.9 Å². The fourth-order valence-electron chi connectivity index (χ4n) is 5.65. The molecule has 2 aromatic rings. The molecule has 0 spiro atoms. The number of rotatable bonds is 3. The standard InChI is InChI=1S/C25H23ClN2O6S/c1-12-5-7-16(8-6-12)27-22(29)19-17-11-18(26)25(32,20(19)23(27)30)24(31)28(17)35(33,34)21-14(3)9-13(2)10-15(21)4/h5-11,17,19-20,32H,1-4H3. The molecular formula is C25H23ClN2O6S. The molecule has 0 aromatic heterocycles. The fraction of sp³-hybridized carbons (Fsp3) is 0.320. The van der Waals surface area contributed by atoms with Crippen LogP contribution in [0.4, 0.5) is 5.69 Å². The number of benzene rings is 2. The van der Waals surface area contributed by atoms with E-state index in [1.807, 2.05) is 13.8 Å². The van der Waals surface area contributed by atoms with Crippen LogP contribution in [0.15, 0.2) is 52.4 Å². The van der Waals surface area contributed by atoms with Crippen LogP contribution in [-0.2, 0) is 24.4 Å². The number of carbonyl (C=O) groups excluding carboxylic acids is 3. The predicted octanol–water partition coefficient (Wildman–Crippen LogP) is 2.49. The van der Waals surface area contributed by atoms with Gasteiger partial charge in [0.25, 0.3) is 15.9 Å². The summed E-state index contributed by atoms with van der Waals surface area (Å²) in [4.78, 5) is 41.4. The van der Waals surface area contributed by atoms with Crippen molar-refractivity contribution < 1.29 is 27.9 Å². The minimum atomic E-state index is -4.51. The number of carbonyl (C=O) groups is 3. The molecule has 182 valence electrons. The van der Waals surface area contributed by atoms with Crippen LogP contribution in [0.5, 0.6) is 0 Å². The predicted molar refractivity (Wildman–Crippen MR) is 128 cm³/mol. The van der Waals surface area contributed by atoms with E-state index >= 15 is 0 Å². The number of imide groups is 1. The van der Waals surface area contributed by atoms with E-state index in [0.29, 0.717) is 15.4 Å². The number of aliphatic hydroxyl groups is 1. The van der Waals surface area contributed by atoms with Gasteiger partial charge in [-0.15, -0.1) is 0 Å². The highest BCUT2D eigenvalue weighted by molar-refractivity contribution is 7.89. The van der Waals surface area contributed by atoms with Crippen molar-refractivity contribution in [2.24, 2.45) is 11.8 Å². The molecule has 35 heavy (non-hydrogen) atoms. The number of aryl methyl sites for hydroxylation is 4. The third-order valence-corrected chi connectivity index (χ3v) is 9.56. The Balaban J connectivity index is 1.68. The molecular weight excluding hydrogens is 492 g/mol. The van der Waals surface area contributed by atoms with Crippen molar-refractivity contribution >= 4 is 45.0 Å². The van der Waals surface area contributed by atoms with Gasteiger partial charge in [0.05, 0.1) is 33.5 Å². The molecule has 8 nitrogen and oxygen atoms in total. The van der Waals surface area contributed by atoms with E-state index in [1.54, 1.807) is 50.2 Å². The molecule has 3 amide bonds. The van der Waals surface area contributed by atoms with E-state index in [0.717, 1.165) is 16.0 Å². The van der Waals surface area contributed by atoms with Gasteiger partial charge in [0.1, 0.15) is 0 Å². The molecule has 3 heterocycles. The lowest BCUT2D eigenvalue weighted by Crippen LogP contribution is -2.70. The Morgan fingerprint density at radius 1 is 0.914 bits per heavy atom. The topological polar surface area (TPSA) is 112 Å². The zero-order valence-electron chi connectivity index (χ0n) is 19.4. The first-order valence-corrected chi connectivity index (χ1v) is 12.8. The Morgan fingerprint density at radius 2 is 1.49 bits per heavy atom. The van der Waals surface area contributed by atoms with Crippen LogP contribution < -0.4 is 4.90 Å². The first-order chi connectivity index (χ1) is 16.3. The maximum absolute atomic E-state index is 13.9. The highest BCUT2D eigenvalue weighted by Gasteiger charge is 2.73. The fourth-order valence-corrected chi connectivity index (χ4v) is 7.97. The second-order valence-electron chi connectivity index (χ2n) is 9.46. The summed E-state index contributed by atoms with van der Waals surface area (Å²) in [6.07, 6.45) is 1.20. The maximum atomic E-state index is 13.9. The van der Waals surface area contributed by atoms with E-state index < -0.39 is 51.2 Å². The van der Waals surface area contributed by atoms with Crippen LogP contribution in [0.3, 0.4) is 0 Å². The summed E-state index contributed by atoms with van der Waals surface area (Å²) in [6, 6.07) is 8.60. The largest absolute Gasteiger partial charge is 0.374 e. The molecule has 2 aromatic carbocycles. The summed E-state index contributed by atoms with van der Waals surface area (Å²) in [6.45, 7) is 6.90.